The lowest BCUT2D eigenvalue weighted by Gasteiger charge is -2.20. The molecule has 0 fully saturated rings. The van der Waals surface area contributed by atoms with Crippen LogP contribution in [-0.2, 0) is 6.42 Å². The Balaban J connectivity index is 1.64. The van der Waals surface area contributed by atoms with Crippen molar-refractivity contribution in [2.24, 2.45) is 0 Å². The van der Waals surface area contributed by atoms with Crippen molar-refractivity contribution in [3.63, 3.8) is 0 Å². The average molecular weight is 311 g/mol. The number of benzene rings is 1. The van der Waals surface area contributed by atoms with Crippen LogP contribution in [-0.4, -0.2) is 17.6 Å². The summed E-state index contributed by atoms with van der Waals surface area (Å²) in [6, 6.07) is 9.39. The maximum atomic E-state index is 12.3. The SMILES string of the molecule is CC[C@H](NC(=O)Nc1ccc2c(c1)CCCO2)c1ccncc1. The highest BCUT2D eigenvalue weighted by atomic mass is 16.5. The zero-order valence-electron chi connectivity index (χ0n) is 13.2. The number of fused-ring (bicyclic) bond motifs is 1. The predicted octanol–water partition coefficient (Wildman–Crippen LogP) is 3.68. The van der Waals surface area contributed by atoms with Crippen LogP contribution in [0.2, 0.25) is 0 Å². The molecule has 0 spiro atoms. The normalized spacial score (nSPS) is 14.3. The lowest BCUT2D eigenvalue weighted by atomic mass is 10.1. The fourth-order valence-corrected chi connectivity index (χ4v) is 2.78. The standard InChI is InChI=1S/C18H21N3O2/c1-2-16(13-7-9-19-10-8-13)21-18(22)20-15-5-6-17-14(12-15)4-3-11-23-17/h5-10,12,16H,2-4,11H2,1H3,(H2,20,21,22)/t16-/m0/s1. The number of urea groups is 1. The van der Waals surface area contributed by atoms with Gasteiger partial charge in [0.2, 0.25) is 0 Å². The second-order valence-corrected chi connectivity index (χ2v) is 5.61. The van der Waals surface area contributed by atoms with Crippen LogP contribution in [0.3, 0.4) is 0 Å². The second kappa shape index (κ2) is 7.13. The third kappa shape index (κ3) is 3.80. The van der Waals surface area contributed by atoms with Crippen LogP contribution in [0.1, 0.15) is 36.9 Å². The summed E-state index contributed by atoms with van der Waals surface area (Å²) in [6.07, 6.45) is 6.29. The van der Waals surface area contributed by atoms with Crippen LogP contribution in [0.25, 0.3) is 0 Å². The van der Waals surface area contributed by atoms with E-state index in [4.69, 9.17) is 4.74 Å². The molecule has 2 heterocycles. The van der Waals surface area contributed by atoms with E-state index in [2.05, 4.69) is 15.6 Å². The predicted molar refractivity (Wildman–Crippen MR) is 89.7 cm³/mol. The Labute approximate surface area is 136 Å². The van der Waals surface area contributed by atoms with E-state index in [-0.39, 0.29) is 12.1 Å². The summed E-state index contributed by atoms with van der Waals surface area (Å²) >= 11 is 0. The highest BCUT2D eigenvalue weighted by molar-refractivity contribution is 5.89. The molecule has 0 radical (unpaired) electrons. The highest BCUT2D eigenvalue weighted by Gasteiger charge is 2.14. The first-order chi connectivity index (χ1) is 11.3. The number of carbonyl (C=O) groups is 1. The van der Waals surface area contributed by atoms with Gasteiger partial charge in [-0.15, -0.1) is 0 Å². The van der Waals surface area contributed by atoms with E-state index < -0.39 is 0 Å². The number of ether oxygens (including phenoxy) is 1. The van der Waals surface area contributed by atoms with Crippen molar-refractivity contribution in [2.75, 3.05) is 11.9 Å². The zero-order valence-corrected chi connectivity index (χ0v) is 13.2. The molecular formula is C18H21N3O2. The minimum atomic E-state index is -0.203. The molecule has 5 nitrogen and oxygen atoms in total. The Morgan fingerprint density at radius 1 is 1.30 bits per heavy atom. The quantitative estimate of drug-likeness (QED) is 0.905. The van der Waals surface area contributed by atoms with Crippen LogP contribution in [0.4, 0.5) is 10.5 Å². The van der Waals surface area contributed by atoms with E-state index in [0.29, 0.717) is 0 Å². The van der Waals surface area contributed by atoms with Crippen molar-refractivity contribution in [2.45, 2.75) is 32.2 Å². The maximum absolute atomic E-state index is 12.3. The molecule has 1 aliphatic heterocycles. The summed E-state index contributed by atoms with van der Waals surface area (Å²) in [5, 5.41) is 5.91. The van der Waals surface area contributed by atoms with Crippen molar-refractivity contribution >= 4 is 11.7 Å². The Morgan fingerprint density at radius 2 is 2.13 bits per heavy atom. The molecule has 1 atom stereocenters. The maximum Gasteiger partial charge on any atom is 0.319 e. The number of carbonyl (C=O) groups excluding carboxylic acids is 1. The van der Waals surface area contributed by atoms with Gasteiger partial charge in [-0.3, -0.25) is 4.98 Å². The first-order valence-electron chi connectivity index (χ1n) is 7.99. The van der Waals surface area contributed by atoms with Crippen LogP contribution in [0.15, 0.2) is 42.7 Å². The third-order valence-electron chi connectivity index (χ3n) is 3.99. The molecule has 0 aliphatic carbocycles. The van der Waals surface area contributed by atoms with E-state index in [1.54, 1.807) is 12.4 Å². The second-order valence-electron chi connectivity index (χ2n) is 5.61. The fraction of sp³-hybridized carbons (Fsp3) is 0.333. The average Bonchev–Trinajstić information content (AvgIpc) is 2.60. The number of rotatable bonds is 4. The van der Waals surface area contributed by atoms with Gasteiger partial charge in [0.1, 0.15) is 5.75 Å². The Hall–Kier alpha value is -2.56. The van der Waals surface area contributed by atoms with Crippen molar-refractivity contribution in [1.82, 2.24) is 10.3 Å². The number of pyridine rings is 1. The topological polar surface area (TPSA) is 63.2 Å². The van der Waals surface area contributed by atoms with Crippen LogP contribution >= 0.6 is 0 Å². The first kappa shape index (κ1) is 15.3. The van der Waals surface area contributed by atoms with Gasteiger partial charge in [0, 0.05) is 18.1 Å². The number of amides is 2. The zero-order chi connectivity index (χ0) is 16.1. The molecule has 120 valence electrons. The molecule has 23 heavy (non-hydrogen) atoms. The van der Waals surface area contributed by atoms with Crippen LogP contribution < -0.4 is 15.4 Å². The summed E-state index contributed by atoms with van der Waals surface area (Å²) in [5.74, 6) is 0.922. The molecule has 5 heteroatoms. The van der Waals surface area contributed by atoms with E-state index in [0.717, 1.165) is 48.4 Å². The lowest BCUT2D eigenvalue weighted by molar-refractivity contribution is 0.248. The highest BCUT2D eigenvalue weighted by Crippen LogP contribution is 2.27. The van der Waals surface area contributed by atoms with Gasteiger partial charge in [-0.1, -0.05) is 6.92 Å². The number of aryl methyl sites for hydroxylation is 1. The summed E-state index contributed by atoms with van der Waals surface area (Å²) in [7, 11) is 0. The van der Waals surface area contributed by atoms with Crippen molar-refractivity contribution in [1.29, 1.82) is 0 Å². The first-order valence-corrected chi connectivity index (χ1v) is 7.99. The summed E-state index contributed by atoms with van der Waals surface area (Å²) in [4.78, 5) is 16.3. The minimum absolute atomic E-state index is 0.0287. The minimum Gasteiger partial charge on any atom is -0.493 e. The number of hydrogen-bond donors (Lipinski definition) is 2. The molecule has 3 rings (SSSR count). The third-order valence-corrected chi connectivity index (χ3v) is 3.99. The molecule has 1 aromatic heterocycles. The van der Waals surface area contributed by atoms with Gasteiger partial charge in [-0.2, -0.15) is 0 Å². The fourth-order valence-electron chi connectivity index (χ4n) is 2.78. The van der Waals surface area contributed by atoms with Crippen molar-refractivity contribution in [3.05, 3.63) is 53.9 Å². The molecule has 1 aliphatic rings. The molecule has 0 saturated heterocycles. The van der Waals surface area contributed by atoms with Gasteiger partial charge < -0.3 is 15.4 Å². The molecule has 0 saturated carbocycles. The Kier molecular flexibility index (Phi) is 4.76. The molecule has 1 aromatic carbocycles. The Bertz CT molecular complexity index is 673. The summed E-state index contributed by atoms with van der Waals surface area (Å²) in [5.41, 5.74) is 2.99. The molecule has 0 bridgehead atoms. The monoisotopic (exact) mass is 311 g/mol. The van der Waals surface area contributed by atoms with Gasteiger partial charge >= 0.3 is 6.03 Å². The van der Waals surface area contributed by atoms with Crippen LogP contribution in [0.5, 0.6) is 5.75 Å². The smallest absolute Gasteiger partial charge is 0.319 e. The van der Waals surface area contributed by atoms with Gasteiger partial charge in [0.05, 0.1) is 12.6 Å². The molecule has 2 aromatic rings. The van der Waals surface area contributed by atoms with Gasteiger partial charge in [-0.05, 0) is 60.7 Å². The molecule has 0 unspecified atom stereocenters. The Morgan fingerprint density at radius 3 is 2.91 bits per heavy atom. The van der Waals surface area contributed by atoms with Crippen molar-refractivity contribution in [3.8, 4) is 5.75 Å². The van der Waals surface area contributed by atoms with Gasteiger partial charge in [-0.25, -0.2) is 4.79 Å². The summed E-state index contributed by atoms with van der Waals surface area (Å²) in [6.45, 7) is 2.81. The van der Waals surface area contributed by atoms with Gasteiger partial charge in [0.15, 0.2) is 0 Å². The summed E-state index contributed by atoms with van der Waals surface area (Å²) < 4.78 is 5.59. The van der Waals surface area contributed by atoms with E-state index in [1.165, 1.54) is 0 Å². The molecular weight excluding hydrogens is 290 g/mol. The van der Waals surface area contributed by atoms with E-state index in [9.17, 15) is 4.79 Å². The number of aromatic nitrogens is 1. The number of anilines is 1. The van der Waals surface area contributed by atoms with Crippen LogP contribution in [0, 0.1) is 0 Å². The number of nitrogens with one attached hydrogen (secondary N) is 2. The number of hydrogen-bond acceptors (Lipinski definition) is 3. The lowest BCUT2D eigenvalue weighted by Crippen LogP contribution is -2.32. The van der Waals surface area contributed by atoms with Crippen molar-refractivity contribution < 1.29 is 9.53 Å². The molecule has 2 amide bonds. The van der Waals surface area contributed by atoms with Gasteiger partial charge in [0.25, 0.3) is 0 Å². The molecule has 2 N–H and O–H groups in total. The van der Waals surface area contributed by atoms with E-state index >= 15 is 0 Å². The largest absolute Gasteiger partial charge is 0.493 e. The van der Waals surface area contributed by atoms with E-state index in [1.807, 2.05) is 37.3 Å². The number of nitrogens with zero attached hydrogens (tertiary/aromatic N) is 1.